The maximum absolute atomic E-state index is 11.7. The number of aryl methyl sites for hydroxylation is 2. The summed E-state index contributed by atoms with van der Waals surface area (Å²) in [5.41, 5.74) is 5.44. The van der Waals surface area contributed by atoms with Crippen molar-refractivity contribution < 1.29 is 9.53 Å². The van der Waals surface area contributed by atoms with Gasteiger partial charge in [0.1, 0.15) is 5.75 Å². The van der Waals surface area contributed by atoms with Crippen molar-refractivity contribution in [3.05, 3.63) is 64.2 Å². The van der Waals surface area contributed by atoms with E-state index in [1.54, 1.807) is 6.07 Å². The monoisotopic (exact) mass is 316 g/mol. The minimum atomic E-state index is -0.332. The number of nitrogens with zero attached hydrogens (tertiary/aromatic N) is 1. The average Bonchev–Trinajstić information content (AvgIpc) is 2.50. The topological polar surface area (TPSA) is 50.7 Å². The van der Waals surface area contributed by atoms with Crippen molar-refractivity contribution in [1.29, 1.82) is 0 Å². The van der Waals surface area contributed by atoms with Gasteiger partial charge in [0, 0.05) is 10.6 Å². The first-order valence-corrected chi connectivity index (χ1v) is 7.20. The number of rotatable bonds is 5. The van der Waals surface area contributed by atoms with Crippen molar-refractivity contribution in [2.24, 2.45) is 5.10 Å². The molecule has 0 heterocycles. The quantitative estimate of drug-likeness (QED) is 0.678. The van der Waals surface area contributed by atoms with Crippen LogP contribution in [0.25, 0.3) is 0 Å². The first kappa shape index (κ1) is 16.0. The Balaban J connectivity index is 1.83. The molecule has 0 saturated heterocycles. The fraction of sp³-hybridized carbons (Fsp3) is 0.176. The molecule has 0 aromatic heterocycles. The summed E-state index contributed by atoms with van der Waals surface area (Å²) in [5, 5.41) is 4.43. The number of carbonyl (C=O) groups excluding carboxylic acids is 1. The molecule has 0 atom stereocenters. The molecular formula is C17H17ClN2O2. The predicted molar refractivity (Wildman–Crippen MR) is 88.6 cm³/mol. The molecule has 2 rings (SSSR count). The van der Waals surface area contributed by atoms with E-state index in [0.717, 1.165) is 11.1 Å². The normalized spacial score (nSPS) is 10.7. The van der Waals surface area contributed by atoms with Crippen molar-refractivity contribution >= 4 is 23.7 Å². The fourth-order valence-corrected chi connectivity index (χ4v) is 1.92. The van der Waals surface area contributed by atoms with E-state index in [2.05, 4.69) is 10.5 Å². The van der Waals surface area contributed by atoms with Gasteiger partial charge in [0.15, 0.2) is 6.61 Å². The van der Waals surface area contributed by atoms with Gasteiger partial charge in [0.05, 0.1) is 6.21 Å². The largest absolute Gasteiger partial charge is 0.484 e. The van der Waals surface area contributed by atoms with E-state index in [9.17, 15) is 4.79 Å². The fourth-order valence-electron chi connectivity index (χ4n) is 1.74. The molecule has 0 aliphatic carbocycles. The zero-order chi connectivity index (χ0) is 15.9. The third-order valence-electron chi connectivity index (χ3n) is 3.15. The maximum atomic E-state index is 11.7. The van der Waals surface area contributed by atoms with Gasteiger partial charge in [-0.2, -0.15) is 5.10 Å². The number of ether oxygens (including phenoxy) is 1. The molecule has 0 bridgehead atoms. The second-order valence-electron chi connectivity index (χ2n) is 4.85. The summed E-state index contributed by atoms with van der Waals surface area (Å²) in [5.74, 6) is 0.329. The molecular weight excluding hydrogens is 300 g/mol. The van der Waals surface area contributed by atoms with Crippen LogP contribution in [0.5, 0.6) is 5.75 Å². The van der Waals surface area contributed by atoms with Gasteiger partial charge >= 0.3 is 0 Å². The molecule has 0 radical (unpaired) electrons. The van der Waals surface area contributed by atoms with Crippen LogP contribution < -0.4 is 10.2 Å². The van der Waals surface area contributed by atoms with Gasteiger partial charge in [-0.25, -0.2) is 5.43 Å². The SMILES string of the molecule is Cc1ccc(OCC(=O)N/N=C/c2ccccc2Cl)cc1C. The molecule has 0 fully saturated rings. The molecule has 1 N–H and O–H groups in total. The van der Waals surface area contributed by atoms with Gasteiger partial charge < -0.3 is 4.74 Å². The zero-order valence-electron chi connectivity index (χ0n) is 12.5. The minimum absolute atomic E-state index is 0.0949. The molecule has 4 nitrogen and oxygen atoms in total. The molecule has 2 aromatic rings. The Hall–Kier alpha value is -2.33. The van der Waals surface area contributed by atoms with Crippen LogP contribution >= 0.6 is 11.6 Å². The lowest BCUT2D eigenvalue weighted by molar-refractivity contribution is -0.123. The van der Waals surface area contributed by atoms with Gasteiger partial charge in [-0.05, 0) is 43.2 Å². The van der Waals surface area contributed by atoms with E-state index in [1.807, 2.05) is 50.2 Å². The van der Waals surface area contributed by atoms with Crippen LogP contribution in [0.4, 0.5) is 0 Å². The Bertz CT molecular complexity index is 699. The Morgan fingerprint density at radius 2 is 2.00 bits per heavy atom. The Kier molecular flexibility index (Phi) is 5.55. The van der Waals surface area contributed by atoms with Crippen molar-refractivity contribution in [3.8, 4) is 5.75 Å². The van der Waals surface area contributed by atoms with Crippen LogP contribution in [0.1, 0.15) is 16.7 Å². The second kappa shape index (κ2) is 7.61. The van der Waals surface area contributed by atoms with Crippen LogP contribution in [0.15, 0.2) is 47.6 Å². The molecule has 5 heteroatoms. The molecule has 0 spiro atoms. The Morgan fingerprint density at radius 1 is 1.23 bits per heavy atom. The summed E-state index contributed by atoms with van der Waals surface area (Å²) in [4.78, 5) is 11.7. The van der Waals surface area contributed by atoms with Crippen LogP contribution in [-0.4, -0.2) is 18.7 Å². The number of benzene rings is 2. The summed E-state index contributed by atoms with van der Waals surface area (Å²) in [6.07, 6.45) is 1.50. The second-order valence-corrected chi connectivity index (χ2v) is 5.26. The molecule has 1 amide bonds. The van der Waals surface area contributed by atoms with E-state index in [4.69, 9.17) is 16.3 Å². The van der Waals surface area contributed by atoms with E-state index >= 15 is 0 Å². The van der Waals surface area contributed by atoms with Gasteiger partial charge in [0.25, 0.3) is 5.91 Å². The smallest absolute Gasteiger partial charge is 0.277 e. The molecule has 22 heavy (non-hydrogen) atoms. The lowest BCUT2D eigenvalue weighted by Crippen LogP contribution is -2.24. The number of hydrogen-bond donors (Lipinski definition) is 1. The Morgan fingerprint density at radius 3 is 2.73 bits per heavy atom. The third-order valence-corrected chi connectivity index (χ3v) is 3.49. The maximum Gasteiger partial charge on any atom is 0.277 e. The van der Waals surface area contributed by atoms with Crippen LogP contribution in [0.3, 0.4) is 0 Å². The molecule has 0 unspecified atom stereocenters. The van der Waals surface area contributed by atoms with E-state index in [1.165, 1.54) is 11.8 Å². The number of hydrazone groups is 1. The molecule has 0 saturated carbocycles. The molecule has 2 aromatic carbocycles. The zero-order valence-corrected chi connectivity index (χ0v) is 13.2. The first-order valence-electron chi connectivity index (χ1n) is 6.83. The highest BCUT2D eigenvalue weighted by Gasteiger charge is 2.02. The minimum Gasteiger partial charge on any atom is -0.484 e. The van der Waals surface area contributed by atoms with Crippen LogP contribution in [-0.2, 0) is 4.79 Å². The van der Waals surface area contributed by atoms with Gasteiger partial charge in [0.2, 0.25) is 0 Å². The lowest BCUT2D eigenvalue weighted by atomic mass is 10.1. The van der Waals surface area contributed by atoms with Gasteiger partial charge in [-0.15, -0.1) is 0 Å². The van der Waals surface area contributed by atoms with Crippen molar-refractivity contribution in [2.75, 3.05) is 6.61 Å². The molecule has 114 valence electrons. The summed E-state index contributed by atoms with van der Waals surface area (Å²) in [6, 6.07) is 12.9. The van der Waals surface area contributed by atoms with Crippen molar-refractivity contribution in [3.63, 3.8) is 0 Å². The highest BCUT2D eigenvalue weighted by atomic mass is 35.5. The summed E-state index contributed by atoms with van der Waals surface area (Å²) in [7, 11) is 0. The lowest BCUT2D eigenvalue weighted by Gasteiger charge is -2.07. The third kappa shape index (κ3) is 4.60. The summed E-state index contributed by atoms with van der Waals surface area (Å²) >= 11 is 5.98. The highest BCUT2D eigenvalue weighted by molar-refractivity contribution is 6.33. The summed E-state index contributed by atoms with van der Waals surface area (Å²) in [6.45, 7) is 3.92. The highest BCUT2D eigenvalue weighted by Crippen LogP contribution is 2.16. The number of nitrogens with one attached hydrogen (secondary N) is 1. The van der Waals surface area contributed by atoms with Crippen molar-refractivity contribution in [1.82, 2.24) is 5.43 Å². The average molecular weight is 317 g/mol. The van der Waals surface area contributed by atoms with E-state index in [0.29, 0.717) is 10.8 Å². The van der Waals surface area contributed by atoms with E-state index in [-0.39, 0.29) is 12.5 Å². The van der Waals surface area contributed by atoms with E-state index < -0.39 is 0 Å². The standard InChI is InChI=1S/C17H17ClN2O2/c1-12-7-8-15(9-13(12)2)22-11-17(21)20-19-10-14-5-3-4-6-16(14)18/h3-10H,11H2,1-2H3,(H,20,21)/b19-10+. The van der Waals surface area contributed by atoms with Gasteiger partial charge in [-0.1, -0.05) is 35.9 Å². The number of hydrogen-bond acceptors (Lipinski definition) is 3. The predicted octanol–water partition coefficient (Wildman–Crippen LogP) is 3.49. The number of carbonyl (C=O) groups is 1. The number of amides is 1. The molecule has 0 aliphatic heterocycles. The number of halogens is 1. The Labute approximate surface area is 134 Å². The molecule has 0 aliphatic rings. The van der Waals surface area contributed by atoms with Crippen LogP contribution in [0, 0.1) is 13.8 Å². The van der Waals surface area contributed by atoms with Gasteiger partial charge in [-0.3, -0.25) is 4.79 Å². The van der Waals surface area contributed by atoms with Crippen molar-refractivity contribution in [2.45, 2.75) is 13.8 Å². The first-order chi connectivity index (χ1) is 10.6. The van der Waals surface area contributed by atoms with Crippen LogP contribution in [0.2, 0.25) is 5.02 Å². The summed E-state index contributed by atoms with van der Waals surface area (Å²) < 4.78 is 5.42.